The first-order valence-electron chi connectivity index (χ1n) is 9.72. The number of carbonyl (C=O) groups excluding carboxylic acids is 1. The van der Waals surface area contributed by atoms with Gasteiger partial charge in [0.15, 0.2) is 0 Å². The molecule has 156 valence electrons. The number of nitrogens with zero attached hydrogens (tertiary/aromatic N) is 2. The average molecular weight is 420 g/mol. The SMILES string of the molecule is CCOC(=O)C1CCN(S(=O)(=O)c2cc(-c3ccc(=O)[nH]n3)ccc2CC)CC1. The van der Waals surface area contributed by atoms with Crippen LogP contribution in [0.4, 0.5) is 0 Å². The van der Waals surface area contributed by atoms with Gasteiger partial charge < -0.3 is 4.74 Å². The van der Waals surface area contributed by atoms with E-state index in [1.807, 2.05) is 6.92 Å². The largest absolute Gasteiger partial charge is 0.466 e. The minimum absolute atomic E-state index is 0.236. The Morgan fingerprint density at radius 3 is 2.52 bits per heavy atom. The number of piperidine rings is 1. The lowest BCUT2D eigenvalue weighted by Gasteiger charge is -2.30. The van der Waals surface area contributed by atoms with Gasteiger partial charge in [0.25, 0.3) is 5.56 Å². The van der Waals surface area contributed by atoms with E-state index < -0.39 is 10.0 Å². The molecule has 1 aliphatic heterocycles. The second-order valence-corrected chi connectivity index (χ2v) is 8.82. The number of carbonyl (C=O) groups is 1. The van der Waals surface area contributed by atoms with Gasteiger partial charge in [0.2, 0.25) is 10.0 Å². The number of hydrogen-bond acceptors (Lipinski definition) is 6. The van der Waals surface area contributed by atoms with Crippen molar-refractivity contribution < 1.29 is 17.9 Å². The number of rotatable bonds is 6. The van der Waals surface area contributed by atoms with E-state index >= 15 is 0 Å². The van der Waals surface area contributed by atoms with Crippen molar-refractivity contribution in [3.8, 4) is 11.3 Å². The molecule has 0 bridgehead atoms. The molecule has 1 aromatic carbocycles. The summed E-state index contributed by atoms with van der Waals surface area (Å²) >= 11 is 0. The van der Waals surface area contributed by atoms with Gasteiger partial charge in [0, 0.05) is 24.7 Å². The third-order valence-electron chi connectivity index (χ3n) is 5.11. The summed E-state index contributed by atoms with van der Waals surface area (Å²) in [7, 11) is -3.72. The highest BCUT2D eigenvalue weighted by molar-refractivity contribution is 7.89. The summed E-state index contributed by atoms with van der Waals surface area (Å²) in [5.74, 6) is -0.520. The monoisotopic (exact) mass is 419 g/mol. The van der Waals surface area contributed by atoms with Gasteiger partial charge in [0.05, 0.1) is 23.1 Å². The van der Waals surface area contributed by atoms with Crippen molar-refractivity contribution in [2.75, 3.05) is 19.7 Å². The summed E-state index contributed by atoms with van der Waals surface area (Å²) < 4.78 is 33.2. The Balaban J connectivity index is 1.88. The van der Waals surface area contributed by atoms with E-state index in [-0.39, 0.29) is 35.4 Å². The molecule has 0 unspecified atom stereocenters. The van der Waals surface area contributed by atoms with Crippen LogP contribution in [-0.4, -0.2) is 48.6 Å². The van der Waals surface area contributed by atoms with Crippen LogP contribution in [0, 0.1) is 5.92 Å². The van der Waals surface area contributed by atoms with Gasteiger partial charge in [-0.25, -0.2) is 13.5 Å². The molecular weight excluding hydrogens is 394 g/mol. The van der Waals surface area contributed by atoms with Crippen LogP contribution in [-0.2, 0) is 26.0 Å². The minimum Gasteiger partial charge on any atom is -0.466 e. The van der Waals surface area contributed by atoms with Crippen molar-refractivity contribution >= 4 is 16.0 Å². The first kappa shape index (κ1) is 21.2. The van der Waals surface area contributed by atoms with Gasteiger partial charge in [-0.15, -0.1) is 0 Å². The number of aromatic amines is 1. The molecule has 0 radical (unpaired) electrons. The van der Waals surface area contributed by atoms with E-state index in [9.17, 15) is 18.0 Å². The molecule has 0 saturated carbocycles. The summed E-state index contributed by atoms with van der Waals surface area (Å²) in [5, 5.41) is 6.35. The Kier molecular flexibility index (Phi) is 6.49. The lowest BCUT2D eigenvalue weighted by Crippen LogP contribution is -2.40. The fourth-order valence-electron chi connectivity index (χ4n) is 3.48. The zero-order valence-electron chi connectivity index (χ0n) is 16.6. The number of ether oxygens (including phenoxy) is 1. The molecule has 3 rings (SSSR count). The summed E-state index contributed by atoms with van der Waals surface area (Å²) in [6.45, 7) is 4.53. The van der Waals surface area contributed by atoms with Crippen molar-refractivity contribution in [3.05, 3.63) is 46.2 Å². The second kappa shape index (κ2) is 8.87. The van der Waals surface area contributed by atoms with Crippen LogP contribution in [0.15, 0.2) is 40.0 Å². The maximum absolute atomic E-state index is 13.3. The zero-order chi connectivity index (χ0) is 21.0. The van der Waals surface area contributed by atoms with E-state index in [2.05, 4.69) is 10.2 Å². The first-order chi connectivity index (χ1) is 13.9. The van der Waals surface area contributed by atoms with E-state index in [0.29, 0.717) is 42.7 Å². The topological polar surface area (TPSA) is 109 Å². The number of hydrogen-bond donors (Lipinski definition) is 1. The second-order valence-electron chi connectivity index (χ2n) is 6.91. The number of aromatic nitrogens is 2. The Morgan fingerprint density at radius 2 is 1.93 bits per heavy atom. The fraction of sp³-hybridized carbons (Fsp3) is 0.450. The molecule has 0 amide bonds. The van der Waals surface area contributed by atoms with Crippen molar-refractivity contribution in [1.82, 2.24) is 14.5 Å². The fourth-order valence-corrected chi connectivity index (χ4v) is 5.27. The Morgan fingerprint density at radius 1 is 1.21 bits per heavy atom. The third kappa shape index (κ3) is 4.56. The van der Waals surface area contributed by atoms with Crippen LogP contribution in [0.2, 0.25) is 0 Å². The molecule has 1 aromatic heterocycles. The van der Waals surface area contributed by atoms with E-state index in [1.165, 1.54) is 10.4 Å². The first-order valence-corrected chi connectivity index (χ1v) is 11.2. The van der Waals surface area contributed by atoms with Crippen LogP contribution in [0.25, 0.3) is 11.3 Å². The highest BCUT2D eigenvalue weighted by Gasteiger charge is 2.33. The van der Waals surface area contributed by atoms with Crippen LogP contribution in [0.5, 0.6) is 0 Å². The smallest absolute Gasteiger partial charge is 0.309 e. The van der Waals surface area contributed by atoms with Crippen LogP contribution < -0.4 is 5.56 Å². The van der Waals surface area contributed by atoms with E-state index in [0.717, 1.165) is 0 Å². The Bertz CT molecular complexity index is 1020. The standard InChI is InChI=1S/C20H25N3O5S/c1-3-14-5-6-16(17-7-8-19(24)22-21-17)13-18(14)29(26,27)23-11-9-15(10-12-23)20(25)28-4-2/h5-8,13,15H,3-4,9-12H2,1-2H3,(H,22,24). The normalized spacial score (nSPS) is 15.9. The van der Waals surface area contributed by atoms with Crippen LogP contribution >= 0.6 is 0 Å². The number of benzene rings is 1. The lowest BCUT2D eigenvalue weighted by molar-refractivity contribution is -0.149. The highest BCUT2D eigenvalue weighted by atomic mass is 32.2. The van der Waals surface area contributed by atoms with Gasteiger partial charge in [-0.3, -0.25) is 9.59 Å². The van der Waals surface area contributed by atoms with Gasteiger partial charge in [-0.2, -0.15) is 9.40 Å². The van der Waals surface area contributed by atoms with Crippen LogP contribution in [0.3, 0.4) is 0 Å². The van der Waals surface area contributed by atoms with Crippen LogP contribution in [0.1, 0.15) is 32.3 Å². The average Bonchev–Trinajstić information content (AvgIpc) is 2.74. The number of aryl methyl sites for hydroxylation is 1. The molecule has 2 heterocycles. The summed E-state index contributed by atoms with van der Waals surface area (Å²) in [6, 6.07) is 8.09. The molecule has 1 aliphatic rings. The molecule has 1 N–H and O–H groups in total. The molecule has 1 saturated heterocycles. The van der Waals surface area contributed by atoms with Gasteiger partial charge in [-0.1, -0.05) is 19.1 Å². The van der Waals surface area contributed by atoms with E-state index in [4.69, 9.17) is 4.74 Å². The molecule has 29 heavy (non-hydrogen) atoms. The third-order valence-corrected chi connectivity index (χ3v) is 7.10. The molecule has 0 aliphatic carbocycles. The minimum atomic E-state index is -3.72. The maximum atomic E-state index is 13.3. The zero-order valence-corrected chi connectivity index (χ0v) is 17.4. The summed E-state index contributed by atoms with van der Waals surface area (Å²) in [4.78, 5) is 23.4. The van der Waals surface area contributed by atoms with E-state index in [1.54, 1.807) is 31.2 Å². The molecule has 1 fully saturated rings. The number of sulfonamides is 1. The van der Waals surface area contributed by atoms with Gasteiger partial charge in [-0.05, 0) is 43.9 Å². The number of esters is 1. The maximum Gasteiger partial charge on any atom is 0.309 e. The van der Waals surface area contributed by atoms with Gasteiger partial charge in [0.1, 0.15) is 0 Å². The lowest BCUT2D eigenvalue weighted by atomic mass is 9.98. The Hall–Kier alpha value is -2.52. The van der Waals surface area contributed by atoms with Crippen molar-refractivity contribution in [2.45, 2.75) is 38.0 Å². The van der Waals surface area contributed by atoms with Crippen molar-refractivity contribution in [1.29, 1.82) is 0 Å². The molecule has 2 aromatic rings. The Labute approximate surface area is 169 Å². The van der Waals surface area contributed by atoms with Gasteiger partial charge >= 0.3 is 5.97 Å². The number of nitrogens with one attached hydrogen (secondary N) is 1. The van der Waals surface area contributed by atoms with Crippen molar-refractivity contribution in [2.24, 2.45) is 5.92 Å². The molecular formula is C20H25N3O5S. The molecule has 0 atom stereocenters. The predicted octanol–water partition coefficient (Wildman–Crippen LogP) is 1.96. The number of H-pyrrole nitrogens is 1. The quantitative estimate of drug-likeness (QED) is 0.717. The highest BCUT2D eigenvalue weighted by Crippen LogP contribution is 2.29. The van der Waals surface area contributed by atoms with Crippen molar-refractivity contribution in [3.63, 3.8) is 0 Å². The summed E-state index contributed by atoms with van der Waals surface area (Å²) in [6.07, 6.45) is 1.45. The molecule has 0 spiro atoms. The molecule has 8 nitrogen and oxygen atoms in total. The molecule has 9 heteroatoms. The predicted molar refractivity (Wildman–Crippen MR) is 108 cm³/mol. The summed E-state index contributed by atoms with van der Waals surface area (Å²) in [5.41, 5.74) is 1.49.